The van der Waals surface area contributed by atoms with Crippen molar-refractivity contribution in [2.24, 2.45) is 0 Å². The molecule has 3 aromatic rings. The molecule has 0 spiro atoms. The van der Waals surface area contributed by atoms with Crippen molar-refractivity contribution in [3.63, 3.8) is 0 Å². The molecular weight excluding hydrogens is 430 g/mol. The van der Waals surface area contributed by atoms with Crippen LogP contribution in [0.5, 0.6) is 5.75 Å². The average Bonchev–Trinajstić information content (AvgIpc) is 3.41. The minimum Gasteiger partial charge on any atom is -0.503 e. The van der Waals surface area contributed by atoms with Crippen LogP contribution < -0.4 is 9.64 Å². The van der Waals surface area contributed by atoms with E-state index in [1.165, 1.54) is 23.3 Å². The van der Waals surface area contributed by atoms with Gasteiger partial charge in [0, 0.05) is 5.69 Å². The van der Waals surface area contributed by atoms with Gasteiger partial charge < -0.3 is 14.9 Å². The Balaban J connectivity index is 1.80. The van der Waals surface area contributed by atoms with Crippen LogP contribution in [0.4, 0.5) is 5.69 Å². The topological polar surface area (TPSA) is 104 Å². The van der Waals surface area contributed by atoms with E-state index in [1.54, 1.807) is 66.0 Å². The summed E-state index contributed by atoms with van der Waals surface area (Å²) in [6.45, 7) is 0. The van der Waals surface area contributed by atoms with Gasteiger partial charge in [-0.3, -0.25) is 19.3 Å². The van der Waals surface area contributed by atoms with Crippen molar-refractivity contribution in [2.75, 3.05) is 12.0 Å². The summed E-state index contributed by atoms with van der Waals surface area (Å²) in [5.74, 6) is -2.07. The Labute approximate surface area is 187 Å². The highest BCUT2D eigenvalue weighted by atomic mass is 32.1. The summed E-state index contributed by atoms with van der Waals surface area (Å²) in [4.78, 5) is 39.1. The normalized spacial score (nSPS) is 15.8. The molecule has 32 heavy (non-hydrogen) atoms. The number of hydrogen-bond acceptors (Lipinski definition) is 6. The maximum atomic E-state index is 13.2. The molecule has 0 aliphatic carbocycles. The number of carboxylic acids is 1. The molecule has 1 aliphatic heterocycles. The summed E-state index contributed by atoms with van der Waals surface area (Å²) in [5.41, 5.74) is 1.63. The van der Waals surface area contributed by atoms with Gasteiger partial charge in [-0.1, -0.05) is 30.3 Å². The van der Waals surface area contributed by atoms with Crippen molar-refractivity contribution in [2.45, 2.75) is 12.5 Å². The highest BCUT2D eigenvalue weighted by molar-refractivity contribution is 7.12. The number of benzene rings is 2. The number of aliphatic hydroxyl groups excluding tert-OH is 1. The fourth-order valence-electron chi connectivity index (χ4n) is 3.69. The van der Waals surface area contributed by atoms with E-state index in [1.807, 2.05) is 0 Å². The Morgan fingerprint density at radius 2 is 1.75 bits per heavy atom. The van der Waals surface area contributed by atoms with E-state index < -0.39 is 29.5 Å². The van der Waals surface area contributed by atoms with Crippen LogP contribution in [0.2, 0.25) is 0 Å². The molecule has 2 heterocycles. The summed E-state index contributed by atoms with van der Waals surface area (Å²) in [5, 5.41) is 21.5. The summed E-state index contributed by atoms with van der Waals surface area (Å²) < 4.78 is 5.21. The molecule has 1 aromatic heterocycles. The lowest BCUT2D eigenvalue weighted by Crippen LogP contribution is -2.31. The standard InChI is InChI=1S/C24H19NO6S/c1-31-17-10-6-15(7-11-17)21-20(22(28)18-3-2-12-32-18)23(29)24(30)25(21)16-8-4-14(5-9-16)13-19(26)27/h2-12,21,29H,13H2,1H3,(H,26,27). The minimum atomic E-state index is -0.964. The molecule has 1 aliphatic rings. The quantitative estimate of drug-likeness (QED) is 0.525. The van der Waals surface area contributed by atoms with Crippen molar-refractivity contribution in [1.29, 1.82) is 0 Å². The Kier molecular flexibility index (Phi) is 5.79. The summed E-state index contributed by atoms with van der Waals surface area (Å²) >= 11 is 1.23. The number of carbonyl (C=O) groups excluding carboxylic acids is 2. The van der Waals surface area contributed by atoms with Gasteiger partial charge in [-0.05, 0) is 46.8 Å². The molecule has 2 N–H and O–H groups in total. The number of rotatable bonds is 7. The van der Waals surface area contributed by atoms with Gasteiger partial charge in [-0.2, -0.15) is 0 Å². The van der Waals surface area contributed by atoms with E-state index >= 15 is 0 Å². The number of ketones is 1. The second kappa shape index (κ2) is 8.68. The Hall–Kier alpha value is -3.91. The summed E-state index contributed by atoms with van der Waals surface area (Å²) in [7, 11) is 1.54. The number of carboxylic acid groups (broad SMARTS) is 1. The van der Waals surface area contributed by atoms with E-state index in [9.17, 15) is 19.5 Å². The summed E-state index contributed by atoms with van der Waals surface area (Å²) in [6.07, 6.45) is -0.151. The first-order valence-electron chi connectivity index (χ1n) is 9.70. The molecule has 4 rings (SSSR count). The number of methoxy groups -OCH3 is 1. The molecule has 8 heteroatoms. The Bertz CT molecular complexity index is 1200. The van der Waals surface area contributed by atoms with Crippen LogP contribution >= 0.6 is 11.3 Å². The van der Waals surface area contributed by atoms with Crippen LogP contribution in [-0.2, 0) is 16.0 Å². The first kappa shape index (κ1) is 21.3. The van der Waals surface area contributed by atoms with Crippen LogP contribution in [0.3, 0.4) is 0 Å². The highest BCUT2D eigenvalue weighted by Gasteiger charge is 2.44. The molecule has 0 radical (unpaired) electrons. The van der Waals surface area contributed by atoms with Gasteiger partial charge in [0.25, 0.3) is 5.91 Å². The SMILES string of the molecule is COc1ccc(C2C(C(=O)c3cccs3)=C(O)C(=O)N2c2ccc(CC(=O)O)cc2)cc1. The number of amides is 1. The zero-order valence-electron chi connectivity index (χ0n) is 17.0. The fourth-order valence-corrected chi connectivity index (χ4v) is 4.37. The summed E-state index contributed by atoms with van der Waals surface area (Å²) in [6, 6.07) is 15.9. The van der Waals surface area contributed by atoms with Gasteiger partial charge in [0.05, 0.1) is 30.0 Å². The zero-order chi connectivity index (χ0) is 22.8. The first-order valence-corrected chi connectivity index (χ1v) is 10.6. The lowest BCUT2D eigenvalue weighted by atomic mass is 9.95. The molecule has 0 bridgehead atoms. The van der Waals surface area contributed by atoms with Crippen LogP contribution in [0.15, 0.2) is 77.4 Å². The Morgan fingerprint density at radius 3 is 2.31 bits per heavy atom. The van der Waals surface area contributed by atoms with Gasteiger partial charge in [-0.25, -0.2) is 0 Å². The fraction of sp³-hybridized carbons (Fsp3) is 0.125. The molecule has 0 saturated heterocycles. The second-order valence-electron chi connectivity index (χ2n) is 7.16. The number of thiophene rings is 1. The molecule has 162 valence electrons. The number of nitrogens with zero attached hydrogens (tertiary/aromatic N) is 1. The van der Waals surface area contributed by atoms with Crippen LogP contribution in [0.25, 0.3) is 0 Å². The molecule has 7 nitrogen and oxygen atoms in total. The van der Waals surface area contributed by atoms with Crippen molar-refractivity contribution in [1.82, 2.24) is 0 Å². The molecule has 1 amide bonds. The number of ether oxygens (including phenoxy) is 1. The lowest BCUT2D eigenvalue weighted by Gasteiger charge is -2.27. The van der Waals surface area contributed by atoms with Gasteiger partial charge in [0.1, 0.15) is 5.75 Å². The maximum Gasteiger partial charge on any atom is 0.307 e. The monoisotopic (exact) mass is 449 g/mol. The second-order valence-corrected chi connectivity index (χ2v) is 8.10. The van der Waals surface area contributed by atoms with Gasteiger partial charge in [0.15, 0.2) is 5.76 Å². The number of aliphatic hydroxyl groups is 1. The first-order chi connectivity index (χ1) is 15.4. The third-order valence-electron chi connectivity index (χ3n) is 5.20. The maximum absolute atomic E-state index is 13.2. The number of Topliss-reactive ketones (excluding diaryl/α,β-unsaturated/α-hetero) is 1. The Morgan fingerprint density at radius 1 is 1.06 bits per heavy atom. The molecular formula is C24H19NO6S. The van der Waals surface area contributed by atoms with Crippen molar-refractivity contribution < 1.29 is 29.3 Å². The third-order valence-corrected chi connectivity index (χ3v) is 6.07. The third kappa shape index (κ3) is 3.88. The van der Waals surface area contributed by atoms with Crippen molar-refractivity contribution >= 4 is 34.7 Å². The molecule has 2 aromatic carbocycles. The van der Waals surface area contributed by atoms with E-state index in [0.717, 1.165) is 0 Å². The van der Waals surface area contributed by atoms with Gasteiger partial charge >= 0.3 is 5.97 Å². The smallest absolute Gasteiger partial charge is 0.307 e. The van der Waals surface area contributed by atoms with E-state index in [-0.39, 0.29) is 12.0 Å². The molecule has 1 atom stereocenters. The van der Waals surface area contributed by atoms with Gasteiger partial charge in [-0.15, -0.1) is 11.3 Å². The molecule has 0 saturated carbocycles. The number of hydrogen-bond donors (Lipinski definition) is 2. The van der Waals surface area contributed by atoms with E-state index in [2.05, 4.69) is 0 Å². The van der Waals surface area contributed by atoms with Gasteiger partial charge in [0.2, 0.25) is 5.78 Å². The number of carbonyl (C=O) groups is 3. The minimum absolute atomic E-state index is 0.00257. The van der Waals surface area contributed by atoms with Crippen molar-refractivity contribution in [3.8, 4) is 5.75 Å². The van der Waals surface area contributed by atoms with Crippen molar-refractivity contribution in [3.05, 3.63) is 93.4 Å². The number of anilines is 1. The molecule has 1 unspecified atom stereocenters. The van der Waals surface area contributed by atoms with Crippen LogP contribution in [0, 0.1) is 0 Å². The van der Waals surface area contributed by atoms with Crippen LogP contribution in [-0.4, -0.2) is 35.0 Å². The molecule has 0 fully saturated rings. The predicted molar refractivity (Wildman–Crippen MR) is 119 cm³/mol. The predicted octanol–water partition coefficient (Wildman–Crippen LogP) is 4.17. The zero-order valence-corrected chi connectivity index (χ0v) is 17.8. The lowest BCUT2D eigenvalue weighted by molar-refractivity contribution is -0.136. The van der Waals surface area contributed by atoms with E-state index in [4.69, 9.17) is 9.84 Å². The number of aliphatic carboxylic acids is 1. The van der Waals surface area contributed by atoms with E-state index in [0.29, 0.717) is 27.4 Å². The largest absolute Gasteiger partial charge is 0.503 e. The highest BCUT2D eigenvalue weighted by Crippen LogP contribution is 2.42. The average molecular weight is 449 g/mol. The van der Waals surface area contributed by atoms with Crippen LogP contribution in [0.1, 0.15) is 26.8 Å².